The summed E-state index contributed by atoms with van der Waals surface area (Å²) < 4.78 is 7.14. The van der Waals surface area contributed by atoms with Crippen molar-refractivity contribution in [2.45, 2.75) is 20.1 Å². The maximum Gasteiger partial charge on any atom is 0.177 e. The molecule has 0 bridgehead atoms. The van der Waals surface area contributed by atoms with Gasteiger partial charge in [0, 0.05) is 13.2 Å². The monoisotopic (exact) mass is 283 g/mol. The van der Waals surface area contributed by atoms with Gasteiger partial charge in [0.25, 0.3) is 0 Å². The normalized spacial score (nSPS) is 10.9. The minimum Gasteiger partial charge on any atom is -0.377 e. The Bertz CT molecular complexity index is 725. The van der Waals surface area contributed by atoms with Crippen LogP contribution in [0.15, 0.2) is 42.7 Å². The maximum atomic E-state index is 5.50. The number of benzene rings is 1. The molecule has 6 nitrogen and oxygen atoms in total. The third-order valence-corrected chi connectivity index (χ3v) is 3.20. The Kier molecular flexibility index (Phi) is 4.07. The van der Waals surface area contributed by atoms with Gasteiger partial charge in [-0.05, 0) is 30.2 Å². The van der Waals surface area contributed by atoms with Crippen LogP contribution in [0.25, 0.3) is 5.65 Å². The molecule has 0 aliphatic heterocycles. The summed E-state index contributed by atoms with van der Waals surface area (Å²) >= 11 is 0. The van der Waals surface area contributed by atoms with Gasteiger partial charge in [0.15, 0.2) is 5.65 Å². The molecule has 0 aliphatic carbocycles. The van der Waals surface area contributed by atoms with Gasteiger partial charge in [-0.15, -0.1) is 15.3 Å². The average molecular weight is 283 g/mol. The first-order valence-electron chi connectivity index (χ1n) is 6.92. The van der Waals surface area contributed by atoms with Crippen molar-refractivity contribution in [1.29, 1.82) is 0 Å². The van der Waals surface area contributed by atoms with E-state index in [1.807, 2.05) is 31.2 Å². The molecule has 1 N–H and O–H groups in total. The van der Waals surface area contributed by atoms with Gasteiger partial charge in [-0.2, -0.15) is 4.52 Å². The van der Waals surface area contributed by atoms with Crippen LogP contribution in [0.3, 0.4) is 0 Å². The molecule has 2 heterocycles. The molecular weight excluding hydrogens is 266 g/mol. The SMILES string of the molecule is CCOCc1ccccc1CNc1ccc2nncn2n1. The van der Waals surface area contributed by atoms with Crippen molar-refractivity contribution in [1.82, 2.24) is 19.8 Å². The third kappa shape index (κ3) is 3.17. The molecule has 0 aliphatic rings. The Morgan fingerprint density at radius 3 is 2.86 bits per heavy atom. The second-order valence-electron chi connectivity index (χ2n) is 4.61. The number of fused-ring (bicyclic) bond motifs is 1. The van der Waals surface area contributed by atoms with Gasteiger partial charge in [0.05, 0.1) is 6.61 Å². The first kappa shape index (κ1) is 13.5. The molecule has 108 valence electrons. The molecule has 0 radical (unpaired) electrons. The van der Waals surface area contributed by atoms with E-state index in [9.17, 15) is 0 Å². The van der Waals surface area contributed by atoms with Crippen LogP contribution in [0.2, 0.25) is 0 Å². The molecule has 0 spiro atoms. The van der Waals surface area contributed by atoms with Gasteiger partial charge in [-0.25, -0.2) is 0 Å². The van der Waals surface area contributed by atoms with Gasteiger partial charge >= 0.3 is 0 Å². The lowest BCUT2D eigenvalue weighted by atomic mass is 10.1. The quantitative estimate of drug-likeness (QED) is 0.752. The topological polar surface area (TPSA) is 64.3 Å². The highest BCUT2D eigenvalue weighted by atomic mass is 16.5. The van der Waals surface area contributed by atoms with Crippen LogP contribution >= 0.6 is 0 Å². The highest BCUT2D eigenvalue weighted by molar-refractivity contribution is 5.43. The number of ether oxygens (including phenoxy) is 1. The number of hydrogen-bond donors (Lipinski definition) is 1. The number of anilines is 1. The summed E-state index contributed by atoms with van der Waals surface area (Å²) in [5.41, 5.74) is 3.13. The van der Waals surface area contributed by atoms with Crippen molar-refractivity contribution < 1.29 is 4.74 Å². The number of rotatable bonds is 6. The fourth-order valence-electron chi connectivity index (χ4n) is 2.09. The molecular formula is C15H17N5O. The van der Waals surface area contributed by atoms with Gasteiger partial charge in [0.2, 0.25) is 0 Å². The van der Waals surface area contributed by atoms with Crippen LogP contribution in [-0.2, 0) is 17.9 Å². The van der Waals surface area contributed by atoms with Gasteiger partial charge in [-0.1, -0.05) is 24.3 Å². The Labute approximate surface area is 122 Å². The largest absolute Gasteiger partial charge is 0.377 e. The fourth-order valence-corrected chi connectivity index (χ4v) is 2.09. The van der Waals surface area contributed by atoms with E-state index in [1.54, 1.807) is 10.8 Å². The van der Waals surface area contributed by atoms with E-state index in [2.05, 4.69) is 32.7 Å². The van der Waals surface area contributed by atoms with Crippen molar-refractivity contribution in [3.63, 3.8) is 0 Å². The predicted molar refractivity (Wildman–Crippen MR) is 79.9 cm³/mol. The van der Waals surface area contributed by atoms with Crippen LogP contribution in [-0.4, -0.2) is 26.4 Å². The van der Waals surface area contributed by atoms with Crippen LogP contribution in [0, 0.1) is 0 Å². The van der Waals surface area contributed by atoms with E-state index in [1.165, 1.54) is 11.1 Å². The lowest BCUT2D eigenvalue weighted by Crippen LogP contribution is -2.06. The van der Waals surface area contributed by atoms with Crippen LogP contribution in [0.5, 0.6) is 0 Å². The van der Waals surface area contributed by atoms with Gasteiger partial charge in [-0.3, -0.25) is 0 Å². The van der Waals surface area contributed by atoms with Crippen LogP contribution in [0.4, 0.5) is 5.82 Å². The Hall–Kier alpha value is -2.47. The molecule has 0 atom stereocenters. The van der Waals surface area contributed by atoms with Crippen LogP contribution in [0.1, 0.15) is 18.1 Å². The summed E-state index contributed by atoms with van der Waals surface area (Å²) in [4.78, 5) is 0. The molecule has 0 amide bonds. The number of nitrogens with one attached hydrogen (secondary N) is 1. The van der Waals surface area contributed by atoms with E-state index in [0.29, 0.717) is 19.8 Å². The molecule has 0 unspecified atom stereocenters. The van der Waals surface area contributed by atoms with Gasteiger partial charge in [0.1, 0.15) is 12.1 Å². The fraction of sp³-hybridized carbons (Fsp3) is 0.267. The zero-order valence-electron chi connectivity index (χ0n) is 11.9. The predicted octanol–water partition coefficient (Wildman–Crippen LogP) is 2.27. The third-order valence-electron chi connectivity index (χ3n) is 3.20. The highest BCUT2D eigenvalue weighted by Gasteiger charge is 2.03. The summed E-state index contributed by atoms with van der Waals surface area (Å²) in [6.07, 6.45) is 1.59. The summed E-state index contributed by atoms with van der Waals surface area (Å²) in [7, 11) is 0. The molecule has 2 aromatic heterocycles. The minimum atomic E-state index is 0.631. The van der Waals surface area contributed by atoms with Crippen molar-refractivity contribution in [2.75, 3.05) is 11.9 Å². The lowest BCUT2D eigenvalue weighted by molar-refractivity contribution is 0.133. The molecule has 0 fully saturated rings. The summed E-state index contributed by atoms with van der Waals surface area (Å²) in [6, 6.07) is 12.0. The molecule has 21 heavy (non-hydrogen) atoms. The van der Waals surface area contributed by atoms with E-state index in [4.69, 9.17) is 4.74 Å². The van der Waals surface area contributed by atoms with Crippen LogP contribution < -0.4 is 5.32 Å². The van der Waals surface area contributed by atoms with E-state index >= 15 is 0 Å². The van der Waals surface area contributed by atoms with E-state index < -0.39 is 0 Å². The van der Waals surface area contributed by atoms with Crippen molar-refractivity contribution >= 4 is 11.5 Å². The summed E-state index contributed by atoms with van der Waals surface area (Å²) in [6.45, 7) is 4.04. The molecule has 6 heteroatoms. The number of aromatic nitrogens is 4. The highest BCUT2D eigenvalue weighted by Crippen LogP contribution is 2.13. The van der Waals surface area contributed by atoms with Crippen molar-refractivity contribution in [2.24, 2.45) is 0 Å². The number of nitrogens with zero attached hydrogens (tertiary/aromatic N) is 4. The Balaban J connectivity index is 1.71. The summed E-state index contributed by atoms with van der Waals surface area (Å²) in [5, 5.41) is 15.5. The molecule has 0 saturated heterocycles. The Morgan fingerprint density at radius 1 is 1.14 bits per heavy atom. The zero-order chi connectivity index (χ0) is 14.5. The molecule has 0 saturated carbocycles. The maximum absolute atomic E-state index is 5.50. The summed E-state index contributed by atoms with van der Waals surface area (Å²) in [5.74, 6) is 0.786. The zero-order valence-corrected chi connectivity index (χ0v) is 11.9. The van der Waals surface area contributed by atoms with Crippen molar-refractivity contribution in [3.8, 4) is 0 Å². The average Bonchev–Trinajstić information content (AvgIpc) is 2.99. The van der Waals surface area contributed by atoms with E-state index in [0.717, 1.165) is 11.5 Å². The van der Waals surface area contributed by atoms with E-state index in [-0.39, 0.29) is 0 Å². The standard InChI is InChI=1S/C15H17N5O/c1-2-21-10-13-6-4-3-5-12(13)9-16-14-7-8-15-18-17-11-20(15)19-14/h3-8,11H,2,9-10H2,1H3,(H,16,19). The Morgan fingerprint density at radius 2 is 2.00 bits per heavy atom. The molecule has 1 aromatic carbocycles. The second kappa shape index (κ2) is 6.32. The second-order valence-corrected chi connectivity index (χ2v) is 4.61. The first-order valence-corrected chi connectivity index (χ1v) is 6.92. The molecule has 3 rings (SSSR count). The first-order chi connectivity index (χ1) is 10.4. The molecule has 3 aromatic rings. The van der Waals surface area contributed by atoms with Gasteiger partial charge < -0.3 is 10.1 Å². The lowest BCUT2D eigenvalue weighted by Gasteiger charge is -2.11. The minimum absolute atomic E-state index is 0.631. The van der Waals surface area contributed by atoms with Crippen molar-refractivity contribution in [3.05, 3.63) is 53.9 Å². The smallest absolute Gasteiger partial charge is 0.177 e. The number of hydrogen-bond acceptors (Lipinski definition) is 5.